The van der Waals surface area contributed by atoms with Gasteiger partial charge < -0.3 is 19.4 Å². The summed E-state index contributed by atoms with van der Waals surface area (Å²) in [5.41, 5.74) is 4.55. The van der Waals surface area contributed by atoms with Gasteiger partial charge in [0, 0.05) is 28.4 Å². The minimum Gasteiger partial charge on any atom is -0.494 e. The van der Waals surface area contributed by atoms with E-state index < -0.39 is 5.97 Å². The number of nitrogens with one attached hydrogen (secondary N) is 1. The number of fused-ring (bicyclic) bond motifs is 1. The second kappa shape index (κ2) is 12.1. The Morgan fingerprint density at radius 1 is 1.00 bits per heavy atom. The summed E-state index contributed by atoms with van der Waals surface area (Å²) >= 11 is 1.33. The summed E-state index contributed by atoms with van der Waals surface area (Å²) in [5.74, 6) is 0.0955. The van der Waals surface area contributed by atoms with Crippen LogP contribution in [0.1, 0.15) is 66.4 Å². The molecule has 2 aromatic heterocycles. The van der Waals surface area contributed by atoms with Crippen LogP contribution in [-0.2, 0) is 11.3 Å². The summed E-state index contributed by atoms with van der Waals surface area (Å²) < 4.78 is 13.2. The Hall–Kier alpha value is -3.58. The molecule has 0 spiro atoms. The zero-order chi connectivity index (χ0) is 26.4. The normalized spacial score (nSPS) is 11.0. The van der Waals surface area contributed by atoms with Crippen molar-refractivity contribution in [2.75, 3.05) is 18.5 Å². The Bertz CT molecular complexity index is 1380. The van der Waals surface area contributed by atoms with Gasteiger partial charge in [0.15, 0.2) is 0 Å². The minimum atomic E-state index is -0.455. The van der Waals surface area contributed by atoms with Crippen molar-refractivity contribution in [1.29, 1.82) is 0 Å². The van der Waals surface area contributed by atoms with Gasteiger partial charge in [-0.2, -0.15) is 0 Å². The average molecular weight is 519 g/mol. The predicted octanol–water partition coefficient (Wildman–Crippen LogP) is 7.70. The zero-order valence-electron chi connectivity index (χ0n) is 21.9. The zero-order valence-corrected chi connectivity index (χ0v) is 22.7. The van der Waals surface area contributed by atoms with E-state index in [0.717, 1.165) is 59.2 Å². The standard InChI is InChI=1S/C30H34N2O4S/c1-5-8-17-32-25-12-10-9-11-23(25)20(4)27(32)28(33)31-29-26(30(34)35-7-3)24(19-37-29)21-13-15-22(16-14-21)36-18-6-2/h9-16,19H,5-8,17-18H2,1-4H3,(H,31,33). The van der Waals surface area contributed by atoms with Gasteiger partial charge in [-0.3, -0.25) is 4.79 Å². The molecule has 4 rings (SSSR count). The van der Waals surface area contributed by atoms with Gasteiger partial charge in [-0.05, 0) is 56.0 Å². The number of carbonyl (C=O) groups is 2. The topological polar surface area (TPSA) is 69.6 Å². The number of para-hydroxylation sites is 1. The number of rotatable bonds is 11. The molecule has 7 heteroatoms. The highest BCUT2D eigenvalue weighted by atomic mass is 32.1. The fourth-order valence-electron chi connectivity index (χ4n) is 4.50. The van der Waals surface area contributed by atoms with Crippen molar-refractivity contribution in [2.24, 2.45) is 0 Å². The number of hydrogen-bond donors (Lipinski definition) is 1. The van der Waals surface area contributed by atoms with Gasteiger partial charge >= 0.3 is 5.97 Å². The highest BCUT2D eigenvalue weighted by molar-refractivity contribution is 7.15. The molecule has 1 N–H and O–H groups in total. The second-order valence-electron chi connectivity index (χ2n) is 8.90. The molecule has 0 saturated carbocycles. The molecule has 0 bridgehead atoms. The predicted molar refractivity (Wildman–Crippen MR) is 151 cm³/mol. The number of unbranched alkanes of at least 4 members (excludes halogenated alkanes) is 1. The number of nitrogens with zero attached hydrogens (tertiary/aromatic N) is 1. The van der Waals surface area contributed by atoms with E-state index in [1.165, 1.54) is 11.3 Å². The second-order valence-corrected chi connectivity index (χ2v) is 9.78. The average Bonchev–Trinajstić information content (AvgIpc) is 3.45. The van der Waals surface area contributed by atoms with Crippen LogP contribution >= 0.6 is 11.3 Å². The monoisotopic (exact) mass is 518 g/mol. The van der Waals surface area contributed by atoms with Crippen molar-refractivity contribution >= 4 is 39.1 Å². The van der Waals surface area contributed by atoms with Crippen LogP contribution in [0.4, 0.5) is 5.00 Å². The number of aromatic nitrogens is 1. The first-order valence-electron chi connectivity index (χ1n) is 12.9. The number of carbonyl (C=O) groups excluding carboxylic acids is 2. The molecule has 0 fully saturated rings. The van der Waals surface area contributed by atoms with E-state index in [2.05, 4.69) is 29.8 Å². The minimum absolute atomic E-state index is 0.230. The van der Waals surface area contributed by atoms with Gasteiger partial charge in [0.1, 0.15) is 22.0 Å². The van der Waals surface area contributed by atoms with Crippen molar-refractivity contribution < 1.29 is 19.1 Å². The van der Waals surface area contributed by atoms with E-state index in [1.807, 2.05) is 54.8 Å². The third kappa shape index (κ3) is 5.57. The van der Waals surface area contributed by atoms with E-state index in [-0.39, 0.29) is 12.5 Å². The summed E-state index contributed by atoms with van der Waals surface area (Å²) in [5, 5.41) is 6.48. The Morgan fingerprint density at radius 2 is 1.76 bits per heavy atom. The van der Waals surface area contributed by atoms with Crippen LogP contribution in [0.2, 0.25) is 0 Å². The third-order valence-corrected chi connectivity index (χ3v) is 7.21. The van der Waals surface area contributed by atoms with Gasteiger partial charge in [-0.25, -0.2) is 4.79 Å². The molecule has 4 aromatic rings. The number of amides is 1. The molecule has 194 valence electrons. The van der Waals surface area contributed by atoms with Crippen LogP contribution in [0.5, 0.6) is 5.75 Å². The SMILES string of the molecule is CCCCn1c(C(=O)Nc2scc(-c3ccc(OCCC)cc3)c2C(=O)OCC)c(C)c2ccccc21. The van der Waals surface area contributed by atoms with Crippen LogP contribution in [0.25, 0.3) is 22.0 Å². The van der Waals surface area contributed by atoms with Crippen LogP contribution in [0, 0.1) is 6.92 Å². The van der Waals surface area contributed by atoms with Crippen LogP contribution in [0.3, 0.4) is 0 Å². The smallest absolute Gasteiger partial charge is 0.341 e. The van der Waals surface area contributed by atoms with Crippen molar-refractivity contribution in [2.45, 2.75) is 53.5 Å². The molecule has 2 aromatic carbocycles. The van der Waals surface area contributed by atoms with E-state index in [0.29, 0.717) is 22.9 Å². The fraction of sp³-hybridized carbons (Fsp3) is 0.333. The molecule has 0 aliphatic heterocycles. The lowest BCUT2D eigenvalue weighted by Crippen LogP contribution is -2.19. The van der Waals surface area contributed by atoms with E-state index in [4.69, 9.17) is 9.47 Å². The number of aryl methyl sites for hydroxylation is 2. The number of benzene rings is 2. The van der Waals surface area contributed by atoms with Gasteiger partial charge in [0.2, 0.25) is 0 Å². The lowest BCUT2D eigenvalue weighted by Gasteiger charge is -2.12. The number of thiophene rings is 1. The fourth-order valence-corrected chi connectivity index (χ4v) is 5.45. The van der Waals surface area contributed by atoms with E-state index >= 15 is 0 Å². The molecule has 6 nitrogen and oxygen atoms in total. The number of esters is 1. The summed E-state index contributed by atoms with van der Waals surface area (Å²) in [6.45, 7) is 9.60. The maximum atomic E-state index is 13.7. The van der Waals surface area contributed by atoms with Crippen LogP contribution in [-0.4, -0.2) is 29.7 Å². The highest BCUT2D eigenvalue weighted by Crippen LogP contribution is 2.37. The molecular formula is C30H34N2O4S. The first kappa shape index (κ1) is 26.5. The third-order valence-electron chi connectivity index (χ3n) is 6.31. The Labute approximate surface area is 222 Å². The first-order valence-corrected chi connectivity index (χ1v) is 13.8. The molecule has 1 amide bonds. The molecule has 2 heterocycles. The van der Waals surface area contributed by atoms with E-state index in [1.54, 1.807) is 6.92 Å². The molecule has 0 aliphatic rings. The number of anilines is 1. The summed E-state index contributed by atoms with van der Waals surface area (Å²) in [4.78, 5) is 26.8. The summed E-state index contributed by atoms with van der Waals surface area (Å²) in [7, 11) is 0. The Kier molecular flexibility index (Phi) is 8.66. The Morgan fingerprint density at radius 3 is 2.46 bits per heavy atom. The van der Waals surface area contributed by atoms with Crippen molar-refractivity contribution in [1.82, 2.24) is 4.57 Å². The molecular weight excluding hydrogens is 484 g/mol. The molecule has 0 aliphatic carbocycles. The summed E-state index contributed by atoms with van der Waals surface area (Å²) in [6, 6.07) is 15.7. The molecule has 0 unspecified atom stereocenters. The molecule has 0 saturated heterocycles. The Balaban J connectivity index is 1.71. The van der Waals surface area contributed by atoms with Crippen molar-refractivity contribution in [3.05, 3.63) is 70.7 Å². The molecule has 37 heavy (non-hydrogen) atoms. The van der Waals surface area contributed by atoms with Gasteiger partial charge in [0.05, 0.1) is 13.2 Å². The van der Waals surface area contributed by atoms with Crippen LogP contribution < -0.4 is 10.1 Å². The maximum absolute atomic E-state index is 13.7. The van der Waals surface area contributed by atoms with Gasteiger partial charge in [-0.1, -0.05) is 50.6 Å². The van der Waals surface area contributed by atoms with E-state index in [9.17, 15) is 9.59 Å². The largest absolute Gasteiger partial charge is 0.494 e. The molecule has 0 atom stereocenters. The maximum Gasteiger partial charge on any atom is 0.341 e. The quantitative estimate of drug-likeness (QED) is 0.207. The van der Waals surface area contributed by atoms with Crippen molar-refractivity contribution in [3.63, 3.8) is 0 Å². The number of ether oxygens (including phenoxy) is 2. The van der Waals surface area contributed by atoms with Gasteiger partial charge in [-0.15, -0.1) is 11.3 Å². The number of hydrogen-bond acceptors (Lipinski definition) is 5. The lowest BCUT2D eigenvalue weighted by atomic mass is 10.0. The summed E-state index contributed by atoms with van der Waals surface area (Å²) in [6.07, 6.45) is 2.92. The van der Waals surface area contributed by atoms with Gasteiger partial charge in [0.25, 0.3) is 5.91 Å². The first-order chi connectivity index (χ1) is 18.0. The lowest BCUT2D eigenvalue weighted by molar-refractivity contribution is 0.0529. The molecule has 0 radical (unpaired) electrons. The highest BCUT2D eigenvalue weighted by Gasteiger charge is 2.26. The van der Waals surface area contributed by atoms with Crippen LogP contribution in [0.15, 0.2) is 53.9 Å². The van der Waals surface area contributed by atoms with Crippen molar-refractivity contribution in [3.8, 4) is 16.9 Å².